The molecule has 0 aliphatic heterocycles. The number of rotatable bonds is 6. The molecule has 1 heterocycles. The number of benzene rings is 2. The van der Waals surface area contributed by atoms with Crippen molar-refractivity contribution in [3.63, 3.8) is 0 Å². The smallest absolute Gasteiger partial charge is 0.340 e. The molecule has 0 saturated carbocycles. The van der Waals surface area contributed by atoms with Gasteiger partial charge in [-0.25, -0.2) is 4.79 Å². The summed E-state index contributed by atoms with van der Waals surface area (Å²) in [6.45, 7) is 4.20. The maximum absolute atomic E-state index is 12.4. The molecule has 0 aliphatic carbocycles. The standard InChI is InChI=1S/C22H22N2O3/c1-16-13-20(17(2)24(16)14-18-9-5-3-6-10-18)22(26)27-15-21(25)23-19-11-7-4-8-12-19/h3-13H,14-15H2,1-2H3,(H,23,25). The van der Waals surface area contributed by atoms with Crippen LogP contribution in [0, 0.1) is 13.8 Å². The van der Waals surface area contributed by atoms with E-state index in [1.165, 1.54) is 0 Å². The van der Waals surface area contributed by atoms with Gasteiger partial charge >= 0.3 is 5.97 Å². The molecule has 1 aromatic heterocycles. The van der Waals surface area contributed by atoms with Crippen LogP contribution >= 0.6 is 0 Å². The highest BCUT2D eigenvalue weighted by Gasteiger charge is 2.18. The highest BCUT2D eigenvalue weighted by Crippen LogP contribution is 2.18. The van der Waals surface area contributed by atoms with Crippen molar-refractivity contribution in [3.05, 3.63) is 89.2 Å². The van der Waals surface area contributed by atoms with Crippen molar-refractivity contribution in [1.29, 1.82) is 0 Å². The maximum atomic E-state index is 12.4. The molecule has 5 nitrogen and oxygen atoms in total. The number of hydrogen-bond donors (Lipinski definition) is 1. The van der Waals surface area contributed by atoms with Gasteiger partial charge in [-0.05, 0) is 37.6 Å². The molecule has 1 N–H and O–H groups in total. The second-order valence-corrected chi connectivity index (χ2v) is 6.35. The predicted octanol–water partition coefficient (Wildman–Crippen LogP) is 3.95. The predicted molar refractivity (Wildman–Crippen MR) is 105 cm³/mol. The quantitative estimate of drug-likeness (QED) is 0.676. The lowest BCUT2D eigenvalue weighted by atomic mass is 10.2. The molecular weight excluding hydrogens is 340 g/mol. The summed E-state index contributed by atoms with van der Waals surface area (Å²) in [6, 6.07) is 20.9. The SMILES string of the molecule is Cc1cc(C(=O)OCC(=O)Nc2ccccc2)c(C)n1Cc1ccccc1. The number of anilines is 1. The number of aryl methyl sites for hydroxylation is 1. The van der Waals surface area contributed by atoms with Crippen molar-refractivity contribution in [2.24, 2.45) is 0 Å². The van der Waals surface area contributed by atoms with Gasteiger partial charge in [-0.1, -0.05) is 48.5 Å². The van der Waals surface area contributed by atoms with Crippen LogP contribution in [0.1, 0.15) is 27.3 Å². The van der Waals surface area contributed by atoms with Gasteiger partial charge in [0.05, 0.1) is 5.56 Å². The van der Waals surface area contributed by atoms with E-state index in [2.05, 4.69) is 9.88 Å². The fraction of sp³-hybridized carbons (Fsp3) is 0.182. The Morgan fingerprint density at radius 3 is 2.26 bits per heavy atom. The minimum absolute atomic E-state index is 0.323. The Kier molecular flexibility index (Phi) is 5.71. The van der Waals surface area contributed by atoms with E-state index in [0.717, 1.165) is 17.0 Å². The van der Waals surface area contributed by atoms with Crippen LogP contribution in [0.25, 0.3) is 0 Å². The molecule has 0 bridgehead atoms. The average molecular weight is 362 g/mol. The molecular formula is C22H22N2O3. The van der Waals surface area contributed by atoms with Gasteiger partial charge in [-0.2, -0.15) is 0 Å². The largest absolute Gasteiger partial charge is 0.452 e. The number of nitrogens with zero attached hydrogens (tertiary/aromatic N) is 1. The number of aromatic nitrogens is 1. The first-order valence-electron chi connectivity index (χ1n) is 8.77. The fourth-order valence-electron chi connectivity index (χ4n) is 2.94. The Morgan fingerprint density at radius 1 is 0.963 bits per heavy atom. The zero-order chi connectivity index (χ0) is 19.2. The molecule has 0 unspecified atom stereocenters. The van der Waals surface area contributed by atoms with Crippen LogP contribution in [0.2, 0.25) is 0 Å². The van der Waals surface area contributed by atoms with Crippen LogP contribution in [0.3, 0.4) is 0 Å². The molecule has 0 saturated heterocycles. The van der Waals surface area contributed by atoms with Crippen molar-refractivity contribution in [1.82, 2.24) is 4.57 Å². The summed E-state index contributed by atoms with van der Waals surface area (Å²) < 4.78 is 7.26. The van der Waals surface area contributed by atoms with Gasteiger partial charge in [0.15, 0.2) is 6.61 Å². The van der Waals surface area contributed by atoms with Crippen molar-refractivity contribution < 1.29 is 14.3 Å². The Morgan fingerprint density at radius 2 is 1.59 bits per heavy atom. The second-order valence-electron chi connectivity index (χ2n) is 6.35. The Balaban J connectivity index is 1.63. The molecule has 0 aliphatic rings. The van der Waals surface area contributed by atoms with E-state index in [1.54, 1.807) is 18.2 Å². The number of esters is 1. The number of nitrogens with one attached hydrogen (secondary N) is 1. The van der Waals surface area contributed by atoms with Gasteiger partial charge in [-0.15, -0.1) is 0 Å². The number of carbonyl (C=O) groups is 2. The third kappa shape index (κ3) is 4.64. The molecule has 5 heteroatoms. The molecule has 27 heavy (non-hydrogen) atoms. The topological polar surface area (TPSA) is 60.3 Å². The van der Waals surface area contributed by atoms with Gasteiger partial charge in [0.2, 0.25) is 0 Å². The van der Waals surface area contributed by atoms with Gasteiger partial charge in [0, 0.05) is 23.6 Å². The molecule has 3 rings (SSSR count). The average Bonchev–Trinajstić information content (AvgIpc) is 2.96. The molecule has 138 valence electrons. The molecule has 0 atom stereocenters. The van der Waals surface area contributed by atoms with E-state index in [4.69, 9.17) is 4.74 Å². The molecule has 3 aromatic rings. The number of ether oxygens (including phenoxy) is 1. The molecule has 2 aromatic carbocycles. The lowest BCUT2D eigenvalue weighted by molar-refractivity contribution is -0.119. The maximum Gasteiger partial charge on any atom is 0.340 e. The van der Waals surface area contributed by atoms with Gasteiger partial charge < -0.3 is 14.6 Å². The van der Waals surface area contributed by atoms with Gasteiger partial charge in [0.1, 0.15) is 0 Å². The minimum atomic E-state index is -0.495. The van der Waals surface area contributed by atoms with E-state index in [1.807, 2.05) is 62.4 Å². The van der Waals surface area contributed by atoms with Crippen LogP contribution in [0.5, 0.6) is 0 Å². The molecule has 0 spiro atoms. The Bertz CT molecular complexity index is 931. The summed E-state index contributed by atoms with van der Waals surface area (Å²) in [4.78, 5) is 24.4. The number of carbonyl (C=O) groups excluding carboxylic acids is 2. The van der Waals surface area contributed by atoms with Crippen molar-refractivity contribution >= 4 is 17.6 Å². The first-order chi connectivity index (χ1) is 13.0. The van der Waals surface area contributed by atoms with E-state index in [9.17, 15) is 9.59 Å². The number of hydrogen-bond acceptors (Lipinski definition) is 3. The van der Waals surface area contributed by atoms with Crippen LogP contribution in [0.15, 0.2) is 66.7 Å². The summed E-state index contributed by atoms with van der Waals surface area (Å²) >= 11 is 0. The summed E-state index contributed by atoms with van der Waals surface area (Å²) in [7, 11) is 0. The summed E-state index contributed by atoms with van der Waals surface area (Å²) in [5.74, 6) is -0.863. The summed E-state index contributed by atoms with van der Waals surface area (Å²) in [5.41, 5.74) is 4.10. The normalized spacial score (nSPS) is 10.4. The Labute approximate surface area is 158 Å². The van der Waals surface area contributed by atoms with E-state index in [-0.39, 0.29) is 12.5 Å². The summed E-state index contributed by atoms with van der Waals surface area (Å²) in [6.07, 6.45) is 0. The Hall–Kier alpha value is -3.34. The first kappa shape index (κ1) is 18.5. The fourth-order valence-corrected chi connectivity index (χ4v) is 2.94. The minimum Gasteiger partial charge on any atom is -0.452 e. The molecule has 1 amide bonds. The van der Waals surface area contributed by atoms with E-state index < -0.39 is 5.97 Å². The van der Waals surface area contributed by atoms with Crippen molar-refractivity contribution in [3.8, 4) is 0 Å². The van der Waals surface area contributed by atoms with E-state index in [0.29, 0.717) is 17.8 Å². The van der Waals surface area contributed by atoms with Gasteiger partial charge in [0.25, 0.3) is 5.91 Å². The summed E-state index contributed by atoms with van der Waals surface area (Å²) in [5, 5.41) is 2.69. The van der Waals surface area contributed by atoms with E-state index >= 15 is 0 Å². The first-order valence-corrected chi connectivity index (χ1v) is 8.77. The second kappa shape index (κ2) is 8.36. The van der Waals surface area contributed by atoms with Crippen LogP contribution < -0.4 is 5.32 Å². The lowest BCUT2D eigenvalue weighted by Gasteiger charge is -2.10. The number of amides is 1. The van der Waals surface area contributed by atoms with Crippen LogP contribution in [-0.2, 0) is 16.1 Å². The molecule has 0 radical (unpaired) electrons. The third-order valence-electron chi connectivity index (χ3n) is 4.37. The molecule has 0 fully saturated rings. The van der Waals surface area contributed by atoms with Crippen LogP contribution in [0.4, 0.5) is 5.69 Å². The van der Waals surface area contributed by atoms with Gasteiger partial charge in [-0.3, -0.25) is 4.79 Å². The van der Waals surface area contributed by atoms with Crippen LogP contribution in [-0.4, -0.2) is 23.1 Å². The highest BCUT2D eigenvalue weighted by molar-refractivity contribution is 5.96. The monoisotopic (exact) mass is 362 g/mol. The highest BCUT2D eigenvalue weighted by atomic mass is 16.5. The number of para-hydroxylation sites is 1. The van der Waals surface area contributed by atoms with Crippen molar-refractivity contribution in [2.75, 3.05) is 11.9 Å². The zero-order valence-electron chi connectivity index (χ0n) is 15.4. The lowest BCUT2D eigenvalue weighted by Crippen LogP contribution is -2.21. The third-order valence-corrected chi connectivity index (χ3v) is 4.37. The zero-order valence-corrected chi connectivity index (χ0v) is 15.4. The van der Waals surface area contributed by atoms with Crippen molar-refractivity contribution in [2.45, 2.75) is 20.4 Å².